The number of nitrogens with zero attached hydrogens (tertiary/aromatic N) is 4. The number of aromatic nitrogens is 4. The van der Waals surface area contributed by atoms with Crippen LogP contribution in [0.3, 0.4) is 0 Å². The predicted molar refractivity (Wildman–Crippen MR) is 113 cm³/mol. The number of halogens is 5. The van der Waals surface area contributed by atoms with Gasteiger partial charge in [0.25, 0.3) is 0 Å². The first-order chi connectivity index (χ1) is 15.3. The van der Waals surface area contributed by atoms with Crippen LogP contribution in [0.4, 0.5) is 17.6 Å². The predicted octanol–water partition coefficient (Wildman–Crippen LogP) is 6.37. The summed E-state index contributed by atoms with van der Waals surface area (Å²) in [5.41, 5.74) is 2.24. The van der Waals surface area contributed by atoms with Crippen LogP contribution in [-0.4, -0.2) is 20.0 Å². The summed E-state index contributed by atoms with van der Waals surface area (Å²) in [6.07, 6.45) is -4.43. The highest BCUT2D eigenvalue weighted by Gasteiger charge is 2.30. The number of benzene rings is 3. The summed E-state index contributed by atoms with van der Waals surface area (Å²) < 4.78 is 55.5. The van der Waals surface area contributed by atoms with E-state index < -0.39 is 17.6 Å². The number of pyridine rings is 1. The van der Waals surface area contributed by atoms with Crippen molar-refractivity contribution in [3.05, 3.63) is 94.4 Å². The molecule has 0 unspecified atom stereocenters. The van der Waals surface area contributed by atoms with Gasteiger partial charge in [-0.15, -0.1) is 5.10 Å². The van der Waals surface area contributed by atoms with Crippen LogP contribution in [0.25, 0.3) is 27.6 Å². The van der Waals surface area contributed by atoms with E-state index in [2.05, 4.69) is 15.3 Å². The van der Waals surface area contributed by atoms with Gasteiger partial charge in [-0.2, -0.15) is 13.2 Å². The maximum Gasteiger partial charge on any atom is 0.416 e. The van der Waals surface area contributed by atoms with Crippen molar-refractivity contribution in [2.24, 2.45) is 0 Å². The number of fused-ring (bicyclic) bond motifs is 2. The van der Waals surface area contributed by atoms with Gasteiger partial charge >= 0.3 is 6.18 Å². The minimum atomic E-state index is -4.44. The normalized spacial score (nSPS) is 12.0. The van der Waals surface area contributed by atoms with E-state index in [9.17, 15) is 13.2 Å². The first kappa shape index (κ1) is 20.4. The molecule has 160 valence electrons. The third-order valence-corrected chi connectivity index (χ3v) is 5.52. The Morgan fingerprint density at radius 1 is 0.906 bits per heavy atom. The molecule has 0 amide bonds. The molecule has 4 nitrogen and oxygen atoms in total. The summed E-state index contributed by atoms with van der Waals surface area (Å²) in [7, 11) is 0. The zero-order valence-electron chi connectivity index (χ0n) is 16.2. The fraction of sp³-hybridized carbons (Fsp3) is 0.0870. The molecule has 0 radical (unpaired) electrons. The molecule has 0 N–H and O–H groups in total. The zero-order chi connectivity index (χ0) is 22.5. The lowest BCUT2D eigenvalue weighted by atomic mass is 10.0. The van der Waals surface area contributed by atoms with E-state index >= 15 is 4.39 Å². The molecule has 2 aromatic heterocycles. The van der Waals surface area contributed by atoms with Crippen LogP contribution in [0, 0.1) is 5.82 Å². The second kappa shape index (κ2) is 7.56. The lowest BCUT2D eigenvalue weighted by Crippen LogP contribution is -2.05. The van der Waals surface area contributed by atoms with Crippen LogP contribution in [0.2, 0.25) is 5.15 Å². The minimum absolute atomic E-state index is 0.00221. The topological polar surface area (TPSA) is 43.6 Å². The van der Waals surface area contributed by atoms with Crippen molar-refractivity contribution >= 4 is 33.5 Å². The van der Waals surface area contributed by atoms with Gasteiger partial charge in [0.15, 0.2) is 0 Å². The summed E-state index contributed by atoms with van der Waals surface area (Å²) in [4.78, 5) is 4.27. The maximum absolute atomic E-state index is 15.5. The third kappa shape index (κ3) is 3.56. The molecule has 9 heteroatoms. The molecule has 0 saturated heterocycles. The summed E-state index contributed by atoms with van der Waals surface area (Å²) in [5, 5.41) is 8.45. The van der Waals surface area contributed by atoms with Crippen molar-refractivity contribution in [3.63, 3.8) is 0 Å². The summed E-state index contributed by atoms with van der Waals surface area (Å²) >= 11 is 6.22. The lowest BCUT2D eigenvalue weighted by Gasteiger charge is -2.11. The van der Waals surface area contributed by atoms with Gasteiger partial charge in [0.1, 0.15) is 16.5 Å². The molecule has 0 fully saturated rings. The van der Waals surface area contributed by atoms with Crippen LogP contribution >= 0.6 is 11.6 Å². The molecule has 0 spiro atoms. The van der Waals surface area contributed by atoms with Crippen molar-refractivity contribution in [1.29, 1.82) is 0 Å². The molecule has 0 aliphatic heterocycles. The Bertz CT molecular complexity index is 1460. The van der Waals surface area contributed by atoms with Gasteiger partial charge in [-0.3, -0.25) is 0 Å². The Hall–Kier alpha value is -3.52. The molecule has 3 aromatic carbocycles. The lowest BCUT2D eigenvalue weighted by molar-refractivity contribution is -0.137. The molecular formula is C23H13ClF4N4. The first-order valence-electron chi connectivity index (χ1n) is 9.56. The SMILES string of the molecule is Fc1c(Cc2ccc(C(F)(F)F)cc2)c(Cl)nc2ccc(-n3nnc4ccccc43)cc12. The Kier molecular flexibility index (Phi) is 4.82. The van der Waals surface area contributed by atoms with Gasteiger partial charge in [0.05, 0.1) is 22.3 Å². The molecule has 0 saturated carbocycles. The average Bonchev–Trinajstić information content (AvgIpc) is 3.20. The molecular weight excluding hydrogens is 444 g/mol. The van der Waals surface area contributed by atoms with Gasteiger partial charge in [0, 0.05) is 17.4 Å². The summed E-state index contributed by atoms with van der Waals surface area (Å²) in [6, 6.07) is 16.9. The quantitative estimate of drug-likeness (QED) is 0.234. The van der Waals surface area contributed by atoms with E-state index in [0.29, 0.717) is 22.3 Å². The van der Waals surface area contributed by atoms with Crippen molar-refractivity contribution < 1.29 is 17.6 Å². The number of para-hydroxylation sites is 1. The van der Waals surface area contributed by atoms with Crippen molar-refractivity contribution in [2.75, 3.05) is 0 Å². The molecule has 0 aliphatic carbocycles. The van der Waals surface area contributed by atoms with Crippen LogP contribution in [0.1, 0.15) is 16.7 Å². The van der Waals surface area contributed by atoms with E-state index in [1.807, 2.05) is 24.3 Å². The van der Waals surface area contributed by atoms with E-state index in [-0.39, 0.29) is 22.5 Å². The summed E-state index contributed by atoms with van der Waals surface area (Å²) in [5.74, 6) is -0.578. The number of rotatable bonds is 3. The third-order valence-electron chi connectivity index (χ3n) is 5.21. The first-order valence-corrected chi connectivity index (χ1v) is 9.93. The Morgan fingerprint density at radius 2 is 1.66 bits per heavy atom. The fourth-order valence-corrected chi connectivity index (χ4v) is 3.82. The van der Waals surface area contributed by atoms with Gasteiger partial charge in [-0.05, 0) is 48.0 Å². The van der Waals surface area contributed by atoms with Crippen LogP contribution in [0.15, 0.2) is 66.7 Å². The number of alkyl halides is 3. The van der Waals surface area contributed by atoms with E-state index in [1.165, 1.54) is 12.1 Å². The van der Waals surface area contributed by atoms with E-state index in [1.54, 1.807) is 22.9 Å². The Labute approximate surface area is 184 Å². The van der Waals surface area contributed by atoms with Gasteiger partial charge in [0.2, 0.25) is 0 Å². The highest BCUT2D eigenvalue weighted by Crippen LogP contribution is 2.32. The molecule has 5 aromatic rings. The largest absolute Gasteiger partial charge is 0.416 e. The fourth-order valence-electron chi connectivity index (χ4n) is 3.58. The van der Waals surface area contributed by atoms with Gasteiger partial charge < -0.3 is 0 Å². The average molecular weight is 457 g/mol. The number of hydrogen-bond donors (Lipinski definition) is 0. The van der Waals surface area contributed by atoms with E-state index in [0.717, 1.165) is 17.6 Å². The monoisotopic (exact) mass is 456 g/mol. The maximum atomic E-state index is 15.5. The Balaban J connectivity index is 1.57. The molecule has 32 heavy (non-hydrogen) atoms. The zero-order valence-corrected chi connectivity index (χ0v) is 17.0. The second-order valence-electron chi connectivity index (χ2n) is 7.26. The molecule has 5 rings (SSSR count). The van der Waals surface area contributed by atoms with Crippen LogP contribution in [-0.2, 0) is 12.6 Å². The van der Waals surface area contributed by atoms with Crippen LogP contribution < -0.4 is 0 Å². The summed E-state index contributed by atoms with van der Waals surface area (Å²) in [6.45, 7) is 0. The highest BCUT2D eigenvalue weighted by molar-refractivity contribution is 6.30. The van der Waals surface area contributed by atoms with Gasteiger partial charge in [-0.1, -0.05) is 41.1 Å². The van der Waals surface area contributed by atoms with Crippen molar-refractivity contribution in [1.82, 2.24) is 20.0 Å². The van der Waals surface area contributed by atoms with Crippen molar-refractivity contribution in [3.8, 4) is 5.69 Å². The van der Waals surface area contributed by atoms with E-state index in [4.69, 9.17) is 11.6 Å². The molecule has 0 atom stereocenters. The smallest absolute Gasteiger partial charge is 0.236 e. The Morgan fingerprint density at radius 3 is 2.41 bits per heavy atom. The standard InChI is InChI=1S/C23H13ClF4N4/c24-22-17(11-13-5-7-14(8-6-13)23(26,27)28)21(25)16-12-15(9-10-18(16)29-22)32-20-4-2-1-3-19(20)30-31-32/h1-10,12H,11H2. The highest BCUT2D eigenvalue weighted by atomic mass is 35.5. The number of hydrogen-bond acceptors (Lipinski definition) is 3. The molecule has 2 heterocycles. The van der Waals surface area contributed by atoms with Crippen LogP contribution in [0.5, 0.6) is 0 Å². The minimum Gasteiger partial charge on any atom is -0.236 e. The molecule has 0 aliphatic rings. The second-order valence-corrected chi connectivity index (χ2v) is 7.62. The van der Waals surface area contributed by atoms with Gasteiger partial charge in [-0.25, -0.2) is 14.1 Å². The molecule has 0 bridgehead atoms. The van der Waals surface area contributed by atoms with Crippen molar-refractivity contribution in [2.45, 2.75) is 12.6 Å².